The van der Waals surface area contributed by atoms with Crippen molar-refractivity contribution >= 4 is 11.8 Å². The van der Waals surface area contributed by atoms with E-state index in [9.17, 15) is 9.50 Å². The van der Waals surface area contributed by atoms with Gasteiger partial charge in [0.25, 0.3) is 0 Å². The molecule has 2 N–H and O–H groups in total. The Morgan fingerprint density at radius 2 is 2.11 bits per heavy atom. The van der Waals surface area contributed by atoms with E-state index in [1.807, 2.05) is 24.3 Å². The average Bonchev–Trinajstić information content (AvgIpc) is 3.14. The molecule has 2 atom stereocenters. The number of hydrogen-bond acceptors (Lipinski definition) is 6. The van der Waals surface area contributed by atoms with E-state index in [4.69, 9.17) is 14.2 Å². The second kappa shape index (κ2) is 8.48. The molecule has 27 heavy (non-hydrogen) atoms. The van der Waals surface area contributed by atoms with E-state index in [2.05, 4.69) is 5.32 Å². The Balaban J connectivity index is 1.24. The number of halogens is 1. The van der Waals surface area contributed by atoms with E-state index in [1.54, 1.807) is 17.8 Å². The maximum atomic E-state index is 13.6. The zero-order valence-corrected chi connectivity index (χ0v) is 15.6. The Bertz CT molecular complexity index is 804. The van der Waals surface area contributed by atoms with Crippen LogP contribution in [0.2, 0.25) is 0 Å². The quantitative estimate of drug-likeness (QED) is 0.756. The third-order valence-electron chi connectivity index (χ3n) is 4.63. The van der Waals surface area contributed by atoms with Crippen LogP contribution < -0.4 is 14.8 Å². The van der Waals surface area contributed by atoms with Crippen molar-refractivity contribution in [2.24, 2.45) is 0 Å². The van der Waals surface area contributed by atoms with Crippen molar-refractivity contribution in [3.8, 4) is 11.5 Å². The summed E-state index contributed by atoms with van der Waals surface area (Å²) in [5.74, 6) is 2.22. The fourth-order valence-corrected chi connectivity index (χ4v) is 4.36. The van der Waals surface area contributed by atoms with Gasteiger partial charge in [-0.3, -0.25) is 0 Å². The normalized spacial score (nSPS) is 19.0. The lowest BCUT2D eigenvalue weighted by molar-refractivity contribution is 0.0274. The molecule has 0 amide bonds. The summed E-state index contributed by atoms with van der Waals surface area (Å²) in [6, 6.07) is 10.6. The molecule has 2 unspecified atom stereocenters. The van der Waals surface area contributed by atoms with Crippen LogP contribution in [0.3, 0.4) is 0 Å². The number of fused-ring (bicyclic) bond motifs is 2. The van der Waals surface area contributed by atoms with Gasteiger partial charge < -0.3 is 24.6 Å². The molecule has 0 fully saturated rings. The highest BCUT2D eigenvalue weighted by molar-refractivity contribution is 7.99. The SMILES string of the molecule is OC(CNC1CCSc2ccc(F)cc21)COCc1ccc2c(c1)OCO2. The third-order valence-corrected chi connectivity index (χ3v) is 5.75. The lowest BCUT2D eigenvalue weighted by atomic mass is 10.0. The van der Waals surface area contributed by atoms with Gasteiger partial charge in [-0.05, 0) is 53.6 Å². The van der Waals surface area contributed by atoms with Crippen LogP contribution in [0.1, 0.15) is 23.6 Å². The van der Waals surface area contributed by atoms with Gasteiger partial charge in [0.1, 0.15) is 5.82 Å². The minimum atomic E-state index is -0.634. The van der Waals surface area contributed by atoms with Crippen molar-refractivity contribution in [3.63, 3.8) is 0 Å². The standard InChI is InChI=1S/C20H22FNO4S/c21-14-2-4-20-16(8-14)17(5-6-27-20)22-9-15(23)11-24-10-13-1-3-18-19(7-13)26-12-25-18/h1-4,7-8,15,17,22-23H,5-6,9-12H2. The Kier molecular flexibility index (Phi) is 5.83. The van der Waals surface area contributed by atoms with Gasteiger partial charge in [-0.1, -0.05) is 6.07 Å². The topological polar surface area (TPSA) is 60.0 Å². The summed E-state index contributed by atoms with van der Waals surface area (Å²) < 4.78 is 29.8. The molecule has 5 nitrogen and oxygen atoms in total. The number of rotatable bonds is 7. The molecule has 0 saturated heterocycles. The minimum Gasteiger partial charge on any atom is -0.454 e. The van der Waals surface area contributed by atoms with E-state index in [1.165, 1.54) is 6.07 Å². The highest BCUT2D eigenvalue weighted by atomic mass is 32.2. The van der Waals surface area contributed by atoms with Crippen LogP contribution in [0.5, 0.6) is 11.5 Å². The zero-order valence-electron chi connectivity index (χ0n) is 14.8. The van der Waals surface area contributed by atoms with Crippen molar-refractivity contribution < 1.29 is 23.7 Å². The number of ether oxygens (including phenoxy) is 3. The Labute approximate surface area is 161 Å². The van der Waals surface area contributed by atoms with Crippen LogP contribution in [0.25, 0.3) is 0 Å². The first-order valence-corrected chi connectivity index (χ1v) is 9.97. The molecule has 0 aliphatic carbocycles. The van der Waals surface area contributed by atoms with Gasteiger partial charge in [0.2, 0.25) is 6.79 Å². The van der Waals surface area contributed by atoms with Crippen LogP contribution in [0.4, 0.5) is 4.39 Å². The number of aliphatic hydroxyl groups is 1. The van der Waals surface area contributed by atoms with E-state index in [-0.39, 0.29) is 25.3 Å². The summed E-state index contributed by atoms with van der Waals surface area (Å²) in [4.78, 5) is 1.11. The molecule has 0 radical (unpaired) electrons. The second-order valence-electron chi connectivity index (χ2n) is 6.64. The molecule has 0 saturated carbocycles. The predicted octanol–water partition coefficient (Wildman–Crippen LogP) is 3.26. The molecule has 7 heteroatoms. The predicted molar refractivity (Wildman–Crippen MR) is 101 cm³/mol. The Morgan fingerprint density at radius 1 is 1.22 bits per heavy atom. The smallest absolute Gasteiger partial charge is 0.231 e. The first-order valence-electron chi connectivity index (χ1n) is 8.99. The third kappa shape index (κ3) is 4.55. The summed E-state index contributed by atoms with van der Waals surface area (Å²) in [7, 11) is 0. The Morgan fingerprint density at radius 3 is 3.04 bits per heavy atom. The lowest BCUT2D eigenvalue weighted by Gasteiger charge is -2.27. The summed E-state index contributed by atoms with van der Waals surface area (Å²) in [6.45, 7) is 1.25. The fraction of sp³-hybridized carbons (Fsp3) is 0.400. The molecule has 0 spiro atoms. The average molecular weight is 391 g/mol. The highest BCUT2D eigenvalue weighted by Crippen LogP contribution is 2.36. The van der Waals surface area contributed by atoms with Gasteiger partial charge in [-0.25, -0.2) is 4.39 Å². The first-order chi connectivity index (χ1) is 13.2. The van der Waals surface area contributed by atoms with Crippen molar-refractivity contribution in [2.45, 2.75) is 30.1 Å². The number of nitrogens with one attached hydrogen (secondary N) is 1. The van der Waals surface area contributed by atoms with Crippen molar-refractivity contribution in [2.75, 3.05) is 25.7 Å². The minimum absolute atomic E-state index is 0.0560. The maximum absolute atomic E-state index is 13.6. The van der Waals surface area contributed by atoms with Crippen molar-refractivity contribution in [3.05, 3.63) is 53.3 Å². The molecule has 2 heterocycles. The summed E-state index contributed by atoms with van der Waals surface area (Å²) in [5.41, 5.74) is 1.94. The molecular weight excluding hydrogens is 369 g/mol. The van der Waals surface area contributed by atoms with Crippen LogP contribution in [-0.2, 0) is 11.3 Å². The van der Waals surface area contributed by atoms with E-state index in [0.717, 1.165) is 39.7 Å². The van der Waals surface area contributed by atoms with Gasteiger partial charge in [0.15, 0.2) is 11.5 Å². The monoisotopic (exact) mass is 391 g/mol. The maximum Gasteiger partial charge on any atom is 0.231 e. The molecular formula is C20H22FNO4S. The van der Waals surface area contributed by atoms with E-state index >= 15 is 0 Å². The van der Waals surface area contributed by atoms with Crippen molar-refractivity contribution in [1.82, 2.24) is 5.32 Å². The molecule has 2 aromatic rings. The van der Waals surface area contributed by atoms with Gasteiger partial charge in [-0.2, -0.15) is 0 Å². The zero-order chi connectivity index (χ0) is 18.6. The molecule has 0 bridgehead atoms. The van der Waals surface area contributed by atoms with E-state index < -0.39 is 6.10 Å². The van der Waals surface area contributed by atoms with Crippen LogP contribution in [-0.4, -0.2) is 36.9 Å². The fourth-order valence-electron chi connectivity index (χ4n) is 3.26. The molecule has 2 aliphatic heterocycles. The number of thioether (sulfide) groups is 1. The summed E-state index contributed by atoms with van der Waals surface area (Å²) in [5, 5.41) is 13.5. The number of benzene rings is 2. The van der Waals surface area contributed by atoms with Crippen LogP contribution in [0, 0.1) is 5.82 Å². The van der Waals surface area contributed by atoms with Gasteiger partial charge in [-0.15, -0.1) is 11.8 Å². The summed E-state index contributed by atoms with van der Waals surface area (Å²) >= 11 is 1.74. The summed E-state index contributed by atoms with van der Waals surface area (Å²) in [6.07, 6.45) is 0.275. The number of aliphatic hydroxyl groups excluding tert-OH is 1. The molecule has 4 rings (SSSR count). The lowest BCUT2D eigenvalue weighted by Crippen LogP contribution is -2.34. The first kappa shape index (κ1) is 18.6. The molecule has 2 aromatic carbocycles. The Hall–Kier alpha value is -1.80. The largest absolute Gasteiger partial charge is 0.454 e. The van der Waals surface area contributed by atoms with Crippen LogP contribution in [0.15, 0.2) is 41.3 Å². The number of hydrogen-bond donors (Lipinski definition) is 2. The highest BCUT2D eigenvalue weighted by Gasteiger charge is 2.21. The molecule has 2 aliphatic rings. The molecule has 144 valence electrons. The van der Waals surface area contributed by atoms with Gasteiger partial charge in [0.05, 0.1) is 19.3 Å². The van der Waals surface area contributed by atoms with Crippen molar-refractivity contribution in [1.29, 1.82) is 0 Å². The second-order valence-corrected chi connectivity index (χ2v) is 7.77. The van der Waals surface area contributed by atoms with Crippen LogP contribution >= 0.6 is 11.8 Å². The van der Waals surface area contributed by atoms with Gasteiger partial charge in [0, 0.05) is 17.5 Å². The van der Waals surface area contributed by atoms with Gasteiger partial charge >= 0.3 is 0 Å². The molecule has 0 aromatic heterocycles. The van der Waals surface area contributed by atoms with E-state index in [0.29, 0.717) is 13.2 Å².